The summed E-state index contributed by atoms with van der Waals surface area (Å²) in [6.45, 7) is 1.22. The van der Waals surface area contributed by atoms with Gasteiger partial charge in [-0.3, -0.25) is 9.59 Å². The van der Waals surface area contributed by atoms with E-state index >= 15 is 0 Å². The molecule has 2 amide bonds. The van der Waals surface area contributed by atoms with Gasteiger partial charge in [-0.25, -0.2) is 0 Å². The van der Waals surface area contributed by atoms with E-state index in [1.807, 2.05) is 18.2 Å². The van der Waals surface area contributed by atoms with E-state index in [1.165, 1.54) is 0 Å². The van der Waals surface area contributed by atoms with Crippen LogP contribution >= 0.6 is 0 Å². The number of amides is 2. The number of hydrogen-bond donors (Lipinski definition) is 2. The van der Waals surface area contributed by atoms with Crippen molar-refractivity contribution in [1.29, 1.82) is 0 Å². The van der Waals surface area contributed by atoms with Gasteiger partial charge in [-0.1, -0.05) is 6.07 Å². The lowest BCUT2D eigenvalue weighted by atomic mass is 10.1. The van der Waals surface area contributed by atoms with Gasteiger partial charge in [0.05, 0.1) is 13.0 Å². The minimum atomic E-state index is -0.319. The lowest BCUT2D eigenvalue weighted by Gasteiger charge is -2.17. The molecule has 1 heterocycles. The van der Waals surface area contributed by atoms with Crippen LogP contribution in [-0.4, -0.2) is 38.6 Å². The predicted molar refractivity (Wildman–Crippen MR) is 75.5 cm³/mol. The number of rotatable bonds is 5. The number of anilines is 1. The number of nitrogens with one attached hydrogen (secondary N) is 1. The smallest absolute Gasteiger partial charge is 0.227 e. The zero-order chi connectivity index (χ0) is 14.5. The SMILES string of the molecule is COc1cccc(N2CC(C(=O)NCCN)CC2=O)c1. The Hall–Kier alpha value is -2.08. The van der Waals surface area contributed by atoms with Crippen molar-refractivity contribution >= 4 is 17.5 Å². The molecule has 3 N–H and O–H groups in total. The van der Waals surface area contributed by atoms with Crippen LogP contribution in [-0.2, 0) is 9.59 Å². The van der Waals surface area contributed by atoms with Gasteiger partial charge in [0.2, 0.25) is 11.8 Å². The van der Waals surface area contributed by atoms with Gasteiger partial charge in [0.1, 0.15) is 5.75 Å². The van der Waals surface area contributed by atoms with Gasteiger partial charge in [0.15, 0.2) is 0 Å². The molecule has 0 aliphatic carbocycles. The summed E-state index contributed by atoms with van der Waals surface area (Å²) in [5.41, 5.74) is 6.10. The van der Waals surface area contributed by atoms with Crippen molar-refractivity contribution in [2.24, 2.45) is 11.7 Å². The first-order chi connectivity index (χ1) is 9.65. The lowest BCUT2D eigenvalue weighted by molar-refractivity contribution is -0.126. The summed E-state index contributed by atoms with van der Waals surface area (Å²) in [5.74, 6) is 0.201. The molecule has 1 saturated heterocycles. The molecule has 1 aliphatic rings. The van der Waals surface area contributed by atoms with Gasteiger partial charge in [-0.2, -0.15) is 0 Å². The topological polar surface area (TPSA) is 84.7 Å². The molecule has 0 spiro atoms. The highest BCUT2D eigenvalue weighted by molar-refractivity contribution is 6.00. The lowest BCUT2D eigenvalue weighted by Crippen LogP contribution is -2.35. The molecule has 2 rings (SSSR count). The van der Waals surface area contributed by atoms with E-state index in [-0.39, 0.29) is 24.2 Å². The van der Waals surface area contributed by atoms with Crippen molar-refractivity contribution in [3.63, 3.8) is 0 Å². The molecule has 1 fully saturated rings. The second kappa shape index (κ2) is 6.38. The molecule has 0 saturated carbocycles. The maximum Gasteiger partial charge on any atom is 0.227 e. The molecular formula is C14H19N3O3. The second-order valence-corrected chi connectivity index (χ2v) is 4.69. The summed E-state index contributed by atoms with van der Waals surface area (Å²) in [7, 11) is 1.58. The van der Waals surface area contributed by atoms with Crippen LogP contribution in [0.1, 0.15) is 6.42 Å². The maximum atomic E-state index is 12.0. The molecule has 1 unspecified atom stereocenters. The third kappa shape index (κ3) is 3.08. The number of nitrogens with zero attached hydrogens (tertiary/aromatic N) is 1. The molecule has 6 nitrogen and oxygen atoms in total. The number of benzene rings is 1. The predicted octanol–water partition coefficient (Wildman–Crippen LogP) is 0.123. The third-order valence-corrected chi connectivity index (χ3v) is 3.30. The number of methoxy groups -OCH3 is 1. The normalized spacial score (nSPS) is 18.2. The minimum Gasteiger partial charge on any atom is -0.497 e. The van der Waals surface area contributed by atoms with E-state index in [4.69, 9.17) is 10.5 Å². The van der Waals surface area contributed by atoms with Gasteiger partial charge in [0.25, 0.3) is 0 Å². The number of carbonyl (C=O) groups excluding carboxylic acids is 2. The maximum absolute atomic E-state index is 12.0. The quantitative estimate of drug-likeness (QED) is 0.801. The van der Waals surface area contributed by atoms with E-state index in [9.17, 15) is 9.59 Å². The molecule has 20 heavy (non-hydrogen) atoms. The molecule has 0 aromatic heterocycles. The summed E-state index contributed by atoms with van der Waals surface area (Å²) >= 11 is 0. The molecular weight excluding hydrogens is 258 g/mol. The Bertz CT molecular complexity index is 504. The first kappa shape index (κ1) is 14.3. The van der Waals surface area contributed by atoms with Crippen LogP contribution in [0.2, 0.25) is 0 Å². The van der Waals surface area contributed by atoms with Crippen LogP contribution in [0.3, 0.4) is 0 Å². The molecule has 1 atom stereocenters. The monoisotopic (exact) mass is 277 g/mol. The fraction of sp³-hybridized carbons (Fsp3) is 0.429. The summed E-state index contributed by atoms with van der Waals surface area (Å²) < 4.78 is 5.15. The van der Waals surface area contributed by atoms with Crippen LogP contribution in [0.15, 0.2) is 24.3 Å². The summed E-state index contributed by atoms with van der Waals surface area (Å²) in [6, 6.07) is 7.26. The number of hydrogen-bond acceptors (Lipinski definition) is 4. The Morgan fingerprint density at radius 3 is 3.05 bits per heavy atom. The van der Waals surface area contributed by atoms with Crippen molar-refractivity contribution < 1.29 is 14.3 Å². The zero-order valence-corrected chi connectivity index (χ0v) is 11.5. The Kier molecular flexibility index (Phi) is 4.57. The third-order valence-electron chi connectivity index (χ3n) is 3.30. The Morgan fingerprint density at radius 2 is 2.35 bits per heavy atom. The Morgan fingerprint density at radius 1 is 1.55 bits per heavy atom. The molecule has 1 aromatic carbocycles. The summed E-state index contributed by atoms with van der Waals surface area (Å²) in [6.07, 6.45) is 0.230. The van der Waals surface area contributed by atoms with E-state index in [0.29, 0.717) is 25.4 Å². The summed E-state index contributed by atoms with van der Waals surface area (Å²) in [5, 5.41) is 2.72. The molecule has 1 aromatic rings. The molecule has 6 heteroatoms. The van der Waals surface area contributed by atoms with Crippen LogP contribution in [0.4, 0.5) is 5.69 Å². The van der Waals surface area contributed by atoms with E-state index in [0.717, 1.165) is 5.69 Å². The largest absolute Gasteiger partial charge is 0.497 e. The number of carbonyl (C=O) groups is 2. The van der Waals surface area contributed by atoms with Crippen molar-refractivity contribution in [2.45, 2.75) is 6.42 Å². The van der Waals surface area contributed by atoms with Crippen molar-refractivity contribution in [3.8, 4) is 5.75 Å². The van der Waals surface area contributed by atoms with Gasteiger partial charge in [0, 0.05) is 37.8 Å². The van der Waals surface area contributed by atoms with Crippen LogP contribution in [0.5, 0.6) is 5.75 Å². The number of nitrogens with two attached hydrogens (primary N) is 1. The van der Waals surface area contributed by atoms with Crippen molar-refractivity contribution in [1.82, 2.24) is 5.32 Å². The van der Waals surface area contributed by atoms with Gasteiger partial charge in [-0.15, -0.1) is 0 Å². The van der Waals surface area contributed by atoms with Gasteiger partial charge in [-0.05, 0) is 12.1 Å². The second-order valence-electron chi connectivity index (χ2n) is 4.69. The van der Waals surface area contributed by atoms with Crippen molar-refractivity contribution in [2.75, 3.05) is 31.6 Å². The Labute approximate surface area is 117 Å². The average Bonchev–Trinajstić information content (AvgIpc) is 2.87. The zero-order valence-electron chi connectivity index (χ0n) is 11.5. The highest BCUT2D eigenvalue weighted by Gasteiger charge is 2.34. The van der Waals surface area contributed by atoms with Crippen molar-refractivity contribution in [3.05, 3.63) is 24.3 Å². The number of ether oxygens (including phenoxy) is 1. The average molecular weight is 277 g/mol. The first-order valence-corrected chi connectivity index (χ1v) is 6.58. The highest BCUT2D eigenvalue weighted by atomic mass is 16.5. The summed E-state index contributed by atoms with van der Waals surface area (Å²) in [4.78, 5) is 25.5. The molecule has 0 radical (unpaired) electrons. The molecule has 1 aliphatic heterocycles. The Balaban J connectivity index is 2.07. The van der Waals surface area contributed by atoms with Gasteiger partial charge < -0.3 is 20.7 Å². The molecule has 0 bridgehead atoms. The van der Waals surface area contributed by atoms with E-state index in [2.05, 4.69) is 5.32 Å². The van der Waals surface area contributed by atoms with E-state index < -0.39 is 0 Å². The van der Waals surface area contributed by atoms with Crippen LogP contribution in [0, 0.1) is 5.92 Å². The fourth-order valence-electron chi connectivity index (χ4n) is 2.25. The molecule has 108 valence electrons. The fourth-order valence-corrected chi connectivity index (χ4v) is 2.25. The van der Waals surface area contributed by atoms with Gasteiger partial charge >= 0.3 is 0 Å². The first-order valence-electron chi connectivity index (χ1n) is 6.58. The van der Waals surface area contributed by atoms with Crippen LogP contribution in [0.25, 0.3) is 0 Å². The standard InChI is InChI=1S/C14H19N3O3/c1-20-12-4-2-3-11(8-12)17-9-10(7-13(17)18)14(19)16-6-5-15/h2-4,8,10H,5-7,9,15H2,1H3,(H,16,19). The highest BCUT2D eigenvalue weighted by Crippen LogP contribution is 2.27. The van der Waals surface area contributed by atoms with Crippen LogP contribution < -0.4 is 20.7 Å². The minimum absolute atomic E-state index is 0.0499. The van der Waals surface area contributed by atoms with E-state index in [1.54, 1.807) is 18.1 Å².